The minimum Gasteiger partial charge on any atom is -0.442 e. The van der Waals surface area contributed by atoms with E-state index in [1.807, 2.05) is 0 Å². The largest absolute Gasteiger partial charge is 0.442 e. The van der Waals surface area contributed by atoms with Crippen molar-refractivity contribution in [3.8, 4) is 0 Å². The lowest BCUT2D eigenvalue weighted by atomic mass is 9.74. The third-order valence-corrected chi connectivity index (χ3v) is 5.64. The van der Waals surface area contributed by atoms with Crippen molar-refractivity contribution < 1.29 is 29.0 Å². The molecular weight excluding hydrogens is 362 g/mol. The van der Waals surface area contributed by atoms with E-state index in [0.717, 1.165) is 6.42 Å². The smallest absolute Gasteiger partial charge is 0.307 e. The third kappa shape index (κ3) is 2.52. The first-order valence-electron chi connectivity index (χ1n) is 8.67. The monoisotopic (exact) mass is 383 g/mol. The molecule has 2 heterocycles. The predicted octanol–water partition coefficient (Wildman–Crippen LogP) is 1.43. The molecule has 0 unspecified atom stereocenters. The summed E-state index contributed by atoms with van der Waals surface area (Å²) in [6.07, 6.45) is 2.14. The number of fused-ring (bicyclic) bond motifs is 1. The molecule has 0 amide bonds. The van der Waals surface area contributed by atoms with E-state index >= 15 is 0 Å². The Morgan fingerprint density at radius 1 is 1.46 bits per heavy atom. The Hall–Kier alpha value is -1.70. The van der Waals surface area contributed by atoms with Crippen LogP contribution in [0.25, 0.3) is 0 Å². The number of esters is 1. The SMILES string of the molecule is CCCC(=O)O[C@@]1(C)C(=O)C2=CN(C)[C@]3(CCCO3)[C@H](O)C2=C(Cl)C1=O. The van der Waals surface area contributed by atoms with Crippen LogP contribution in [0, 0.1) is 0 Å². The van der Waals surface area contributed by atoms with Crippen LogP contribution in [-0.4, -0.2) is 58.6 Å². The molecule has 0 radical (unpaired) electrons. The first-order chi connectivity index (χ1) is 12.2. The normalized spacial score (nSPS) is 34.3. The second-order valence-electron chi connectivity index (χ2n) is 7.00. The molecule has 3 aliphatic rings. The number of ketones is 2. The minimum atomic E-state index is -2.03. The fraction of sp³-hybridized carbons (Fsp3) is 0.611. The van der Waals surface area contributed by atoms with Gasteiger partial charge in [0.1, 0.15) is 6.10 Å². The van der Waals surface area contributed by atoms with E-state index in [4.69, 9.17) is 21.1 Å². The van der Waals surface area contributed by atoms with Crippen molar-refractivity contribution in [2.24, 2.45) is 0 Å². The van der Waals surface area contributed by atoms with E-state index in [0.29, 0.717) is 19.4 Å². The summed E-state index contributed by atoms with van der Waals surface area (Å²) in [7, 11) is 1.69. The molecule has 1 aliphatic carbocycles. The van der Waals surface area contributed by atoms with E-state index in [1.165, 1.54) is 13.1 Å². The van der Waals surface area contributed by atoms with Gasteiger partial charge in [0.15, 0.2) is 5.72 Å². The van der Waals surface area contributed by atoms with Gasteiger partial charge in [-0.3, -0.25) is 14.4 Å². The van der Waals surface area contributed by atoms with Gasteiger partial charge in [-0.1, -0.05) is 18.5 Å². The lowest BCUT2D eigenvalue weighted by Crippen LogP contribution is -2.61. The Morgan fingerprint density at radius 2 is 2.15 bits per heavy atom. The summed E-state index contributed by atoms with van der Waals surface area (Å²) in [5.41, 5.74) is -2.96. The summed E-state index contributed by atoms with van der Waals surface area (Å²) in [4.78, 5) is 39.4. The van der Waals surface area contributed by atoms with E-state index in [-0.39, 0.29) is 22.6 Å². The fourth-order valence-corrected chi connectivity index (χ4v) is 4.15. The Labute approximate surface area is 156 Å². The molecule has 1 fully saturated rings. The topological polar surface area (TPSA) is 93.1 Å². The van der Waals surface area contributed by atoms with Crippen molar-refractivity contribution in [1.29, 1.82) is 0 Å². The average Bonchev–Trinajstić information content (AvgIpc) is 3.08. The summed E-state index contributed by atoms with van der Waals surface area (Å²) in [6, 6.07) is 0. The number of carbonyl (C=O) groups excluding carboxylic acids is 3. The lowest BCUT2D eigenvalue weighted by molar-refractivity contribution is -0.172. The van der Waals surface area contributed by atoms with Crippen molar-refractivity contribution in [3.05, 3.63) is 22.4 Å². The molecule has 0 saturated carbocycles. The van der Waals surface area contributed by atoms with Crippen LogP contribution in [-0.2, 0) is 23.9 Å². The van der Waals surface area contributed by atoms with Crippen LogP contribution in [0.15, 0.2) is 22.4 Å². The highest BCUT2D eigenvalue weighted by molar-refractivity contribution is 6.49. The van der Waals surface area contributed by atoms with Gasteiger partial charge in [-0.25, -0.2) is 0 Å². The summed E-state index contributed by atoms with van der Waals surface area (Å²) in [6.45, 7) is 3.49. The maximum Gasteiger partial charge on any atom is 0.307 e. The zero-order valence-electron chi connectivity index (χ0n) is 15.0. The minimum absolute atomic E-state index is 0.0469. The number of hydrogen-bond donors (Lipinski definition) is 1. The maximum absolute atomic E-state index is 13.0. The number of nitrogens with zero attached hydrogens (tertiary/aromatic N) is 1. The lowest BCUT2D eigenvalue weighted by Gasteiger charge is -2.47. The van der Waals surface area contributed by atoms with Gasteiger partial charge in [0.2, 0.25) is 17.2 Å². The van der Waals surface area contributed by atoms with Gasteiger partial charge in [-0.05, 0) is 19.8 Å². The molecule has 142 valence electrons. The van der Waals surface area contributed by atoms with Gasteiger partial charge >= 0.3 is 5.97 Å². The highest BCUT2D eigenvalue weighted by atomic mass is 35.5. The molecule has 8 heteroatoms. The molecule has 7 nitrogen and oxygen atoms in total. The quantitative estimate of drug-likeness (QED) is 0.582. The average molecular weight is 384 g/mol. The number of hydrogen-bond acceptors (Lipinski definition) is 7. The molecule has 0 aromatic rings. The van der Waals surface area contributed by atoms with Crippen LogP contribution in [0.3, 0.4) is 0 Å². The molecule has 26 heavy (non-hydrogen) atoms. The second kappa shape index (κ2) is 6.48. The molecule has 1 spiro atoms. The molecule has 3 atom stereocenters. The molecule has 1 N–H and O–H groups in total. The van der Waals surface area contributed by atoms with Gasteiger partial charge in [0.05, 0.1) is 5.03 Å². The molecule has 1 saturated heterocycles. The number of likely N-dealkylation sites (N-methyl/N-ethyl adjacent to an activating group) is 1. The number of halogens is 1. The summed E-state index contributed by atoms with van der Waals surface area (Å²) in [5, 5.41) is 10.6. The summed E-state index contributed by atoms with van der Waals surface area (Å²) in [5.74, 6) is -2.16. The second-order valence-corrected chi connectivity index (χ2v) is 7.37. The Balaban J connectivity index is 2.08. The van der Waals surface area contributed by atoms with E-state index in [2.05, 4.69) is 0 Å². The van der Waals surface area contributed by atoms with Crippen molar-refractivity contribution >= 4 is 29.1 Å². The summed E-state index contributed by atoms with van der Waals surface area (Å²) < 4.78 is 11.0. The molecular formula is C18H22ClNO6. The van der Waals surface area contributed by atoms with Gasteiger partial charge in [-0.15, -0.1) is 0 Å². The van der Waals surface area contributed by atoms with E-state index < -0.39 is 35.0 Å². The van der Waals surface area contributed by atoms with Gasteiger partial charge < -0.3 is 19.5 Å². The number of rotatable bonds is 3. The molecule has 0 aromatic carbocycles. The van der Waals surface area contributed by atoms with Gasteiger partial charge in [0, 0.05) is 43.8 Å². The zero-order chi connectivity index (χ0) is 19.3. The number of ether oxygens (including phenoxy) is 2. The molecule has 0 aromatic heterocycles. The zero-order valence-corrected chi connectivity index (χ0v) is 15.8. The third-order valence-electron chi connectivity index (χ3n) is 5.26. The number of aliphatic hydroxyl groups is 1. The predicted molar refractivity (Wildman–Crippen MR) is 92.1 cm³/mol. The first kappa shape index (κ1) is 19.1. The van der Waals surface area contributed by atoms with Crippen LogP contribution >= 0.6 is 11.6 Å². The fourth-order valence-electron chi connectivity index (χ4n) is 3.77. The van der Waals surface area contributed by atoms with Crippen molar-refractivity contribution in [3.63, 3.8) is 0 Å². The highest BCUT2D eigenvalue weighted by Crippen LogP contribution is 2.46. The maximum atomic E-state index is 13.0. The van der Waals surface area contributed by atoms with Crippen molar-refractivity contribution in [2.45, 2.75) is 57.0 Å². The number of aliphatic hydroxyl groups excluding tert-OH is 1. The van der Waals surface area contributed by atoms with Gasteiger partial charge in [0.25, 0.3) is 0 Å². The van der Waals surface area contributed by atoms with Crippen LogP contribution in [0.5, 0.6) is 0 Å². The van der Waals surface area contributed by atoms with Crippen LogP contribution in [0.4, 0.5) is 0 Å². The van der Waals surface area contributed by atoms with Crippen molar-refractivity contribution in [1.82, 2.24) is 4.90 Å². The van der Waals surface area contributed by atoms with E-state index in [1.54, 1.807) is 18.9 Å². The Morgan fingerprint density at radius 3 is 2.73 bits per heavy atom. The van der Waals surface area contributed by atoms with Crippen LogP contribution in [0.2, 0.25) is 0 Å². The standard InChI is InChI=1S/C18H22ClNO6/c1-4-6-11(21)26-17(2)14(22)10-9-20(3)18(7-5-8-25-18)15(23)12(10)13(19)16(17)24/h9,15,23H,4-8H2,1-3H3/t15-,17+,18+/m1/s1. The van der Waals surface area contributed by atoms with Crippen LogP contribution < -0.4 is 0 Å². The summed E-state index contributed by atoms with van der Waals surface area (Å²) >= 11 is 6.27. The molecule has 2 aliphatic heterocycles. The van der Waals surface area contributed by atoms with Crippen LogP contribution in [0.1, 0.15) is 39.5 Å². The van der Waals surface area contributed by atoms with Crippen molar-refractivity contribution in [2.75, 3.05) is 13.7 Å². The van der Waals surface area contributed by atoms with Gasteiger partial charge in [-0.2, -0.15) is 0 Å². The highest BCUT2D eigenvalue weighted by Gasteiger charge is 2.59. The molecule has 3 rings (SSSR count). The van der Waals surface area contributed by atoms with E-state index in [9.17, 15) is 19.5 Å². The first-order valence-corrected chi connectivity index (χ1v) is 9.05. The molecule has 0 bridgehead atoms. The Kier molecular flexibility index (Phi) is 4.75. The number of carbonyl (C=O) groups is 3. The Bertz CT molecular complexity index is 736. The number of Topliss-reactive ketones (excluding diaryl/α,β-unsaturated/α-hetero) is 2.